The van der Waals surface area contributed by atoms with Gasteiger partial charge in [-0.15, -0.1) is 5.10 Å². The Morgan fingerprint density at radius 3 is 2.18 bits per heavy atom. The van der Waals surface area contributed by atoms with E-state index in [9.17, 15) is 0 Å². The molecular weight excluding hydrogens is 358 g/mol. The Morgan fingerprint density at radius 1 is 0.929 bits per heavy atom. The van der Waals surface area contributed by atoms with Crippen LogP contribution in [0, 0.1) is 0 Å². The predicted octanol–water partition coefficient (Wildman–Crippen LogP) is 1.97. The maximum Gasteiger partial charge on any atom is 0.113 e. The zero-order valence-corrected chi connectivity index (χ0v) is 17.2. The van der Waals surface area contributed by atoms with Crippen LogP contribution in [0.3, 0.4) is 0 Å². The van der Waals surface area contributed by atoms with Gasteiger partial charge in [-0.25, -0.2) is 4.68 Å². The summed E-state index contributed by atoms with van der Waals surface area (Å²) in [6.45, 7) is 11.4. The lowest BCUT2D eigenvalue weighted by molar-refractivity contribution is 0.0127. The van der Waals surface area contributed by atoms with Gasteiger partial charge < -0.3 is 25.3 Å². The monoisotopic (exact) mass is 391 g/mol. The van der Waals surface area contributed by atoms with E-state index < -0.39 is 0 Å². The number of hydrogen-bond donors (Lipinski definition) is 2. The van der Waals surface area contributed by atoms with Gasteiger partial charge >= 0.3 is 0 Å². The molecule has 0 amide bonds. The highest BCUT2D eigenvalue weighted by Crippen LogP contribution is 2.17. The molecule has 1 aromatic carbocycles. The number of anilines is 1. The van der Waals surface area contributed by atoms with Gasteiger partial charge in [-0.1, -0.05) is 17.3 Å². The summed E-state index contributed by atoms with van der Waals surface area (Å²) in [5.41, 5.74) is 8.37. The zero-order chi connectivity index (χ0) is 20.2. The second kappa shape index (κ2) is 11.8. The van der Waals surface area contributed by atoms with Gasteiger partial charge in [0.1, 0.15) is 5.69 Å². The lowest BCUT2D eigenvalue weighted by Gasteiger charge is -2.20. The van der Waals surface area contributed by atoms with Crippen molar-refractivity contribution in [3.8, 4) is 11.3 Å². The molecule has 0 bridgehead atoms. The van der Waals surface area contributed by atoms with Crippen LogP contribution in [0.4, 0.5) is 5.69 Å². The van der Waals surface area contributed by atoms with Crippen LogP contribution < -0.4 is 11.1 Å². The highest BCUT2D eigenvalue weighted by atomic mass is 16.5. The van der Waals surface area contributed by atoms with Gasteiger partial charge in [0.2, 0.25) is 0 Å². The fourth-order valence-corrected chi connectivity index (χ4v) is 2.39. The van der Waals surface area contributed by atoms with Crippen molar-refractivity contribution < 1.29 is 14.2 Å². The molecule has 0 radical (unpaired) electrons. The topological polar surface area (TPSA) is 96.5 Å². The van der Waals surface area contributed by atoms with Crippen LogP contribution in [0.5, 0.6) is 0 Å². The molecule has 0 atom stereocenters. The summed E-state index contributed by atoms with van der Waals surface area (Å²) in [5.74, 6) is 0. The molecule has 0 aliphatic heterocycles. The number of nitrogens with zero attached hydrogens (tertiary/aromatic N) is 3. The molecule has 3 N–H and O–H groups in total. The van der Waals surface area contributed by atoms with Gasteiger partial charge in [-0.2, -0.15) is 0 Å². The summed E-state index contributed by atoms with van der Waals surface area (Å²) < 4.78 is 18.3. The van der Waals surface area contributed by atoms with E-state index in [1.807, 2.05) is 30.5 Å². The third kappa shape index (κ3) is 9.27. The summed E-state index contributed by atoms with van der Waals surface area (Å²) in [5, 5.41) is 11.7. The molecule has 0 spiro atoms. The van der Waals surface area contributed by atoms with Gasteiger partial charge in [-0.05, 0) is 32.9 Å². The number of aromatic nitrogens is 3. The van der Waals surface area contributed by atoms with E-state index in [4.69, 9.17) is 19.9 Å². The molecule has 0 unspecified atom stereocenters. The molecular formula is C20H33N5O3. The van der Waals surface area contributed by atoms with E-state index in [2.05, 4.69) is 36.4 Å². The smallest absolute Gasteiger partial charge is 0.113 e. The SMILES string of the molecule is CC(C)(C)NCCOCCOCCOCCn1cc(-c2ccc(N)cc2)nn1. The van der Waals surface area contributed by atoms with Gasteiger partial charge in [0, 0.05) is 23.3 Å². The lowest BCUT2D eigenvalue weighted by Crippen LogP contribution is -2.38. The summed E-state index contributed by atoms with van der Waals surface area (Å²) in [6.07, 6.45) is 1.90. The Morgan fingerprint density at radius 2 is 1.54 bits per heavy atom. The van der Waals surface area contributed by atoms with Gasteiger partial charge in [-0.3, -0.25) is 0 Å². The molecule has 2 aromatic rings. The van der Waals surface area contributed by atoms with Gasteiger partial charge in [0.15, 0.2) is 0 Å². The molecule has 8 nitrogen and oxygen atoms in total. The van der Waals surface area contributed by atoms with Crippen LogP contribution >= 0.6 is 0 Å². The van der Waals surface area contributed by atoms with Gasteiger partial charge in [0.05, 0.1) is 52.4 Å². The average Bonchev–Trinajstić information content (AvgIpc) is 3.11. The molecule has 28 heavy (non-hydrogen) atoms. The fraction of sp³-hybridized carbons (Fsp3) is 0.600. The summed E-state index contributed by atoms with van der Waals surface area (Å²) in [6, 6.07) is 7.57. The maximum atomic E-state index is 5.70. The summed E-state index contributed by atoms with van der Waals surface area (Å²) in [4.78, 5) is 0. The third-order valence-electron chi connectivity index (χ3n) is 3.86. The standard InChI is InChI=1S/C20H33N5O3/c1-20(2,3)22-8-10-26-12-14-28-15-13-27-11-9-25-16-19(23-24-25)17-4-6-18(21)7-5-17/h4-7,16,22H,8-15,21H2,1-3H3. The first-order chi connectivity index (χ1) is 13.4. The van der Waals surface area contributed by atoms with Crippen LogP contribution in [-0.4, -0.2) is 66.7 Å². The van der Waals surface area contributed by atoms with Crippen molar-refractivity contribution in [1.29, 1.82) is 0 Å². The number of benzene rings is 1. The first-order valence-corrected chi connectivity index (χ1v) is 9.68. The van der Waals surface area contributed by atoms with E-state index >= 15 is 0 Å². The van der Waals surface area contributed by atoms with Crippen molar-refractivity contribution in [3.05, 3.63) is 30.5 Å². The number of rotatable bonds is 13. The first kappa shape index (κ1) is 22.3. The quantitative estimate of drug-likeness (QED) is 0.398. The Bertz CT molecular complexity index is 667. The Kier molecular flexibility index (Phi) is 9.36. The number of nitrogens with one attached hydrogen (secondary N) is 1. The predicted molar refractivity (Wildman–Crippen MR) is 110 cm³/mol. The van der Waals surface area contributed by atoms with E-state index in [0.717, 1.165) is 23.5 Å². The van der Waals surface area contributed by atoms with Crippen molar-refractivity contribution in [2.75, 3.05) is 51.9 Å². The molecule has 0 saturated carbocycles. The molecule has 0 fully saturated rings. The van der Waals surface area contributed by atoms with Crippen molar-refractivity contribution in [3.63, 3.8) is 0 Å². The Balaban J connectivity index is 1.45. The minimum atomic E-state index is 0.126. The highest BCUT2D eigenvalue weighted by Gasteiger charge is 2.07. The van der Waals surface area contributed by atoms with Crippen LogP contribution in [0.2, 0.25) is 0 Å². The van der Waals surface area contributed by atoms with Crippen molar-refractivity contribution in [2.24, 2.45) is 0 Å². The number of hydrogen-bond acceptors (Lipinski definition) is 7. The van der Waals surface area contributed by atoms with Crippen LogP contribution in [-0.2, 0) is 20.8 Å². The molecule has 0 aliphatic carbocycles. The van der Waals surface area contributed by atoms with Gasteiger partial charge in [0.25, 0.3) is 0 Å². The van der Waals surface area contributed by atoms with Crippen LogP contribution in [0.1, 0.15) is 20.8 Å². The minimum Gasteiger partial charge on any atom is -0.399 e. The number of nitrogens with two attached hydrogens (primary N) is 1. The van der Waals surface area contributed by atoms with Crippen molar-refractivity contribution >= 4 is 5.69 Å². The second-order valence-electron chi connectivity index (χ2n) is 7.50. The second-order valence-corrected chi connectivity index (χ2v) is 7.50. The summed E-state index contributed by atoms with van der Waals surface area (Å²) >= 11 is 0. The average molecular weight is 392 g/mol. The number of nitrogen functional groups attached to an aromatic ring is 1. The molecule has 1 heterocycles. The van der Waals surface area contributed by atoms with E-state index in [0.29, 0.717) is 46.2 Å². The lowest BCUT2D eigenvalue weighted by atomic mass is 10.1. The molecule has 0 saturated heterocycles. The molecule has 156 valence electrons. The first-order valence-electron chi connectivity index (χ1n) is 9.68. The largest absolute Gasteiger partial charge is 0.399 e. The fourth-order valence-electron chi connectivity index (χ4n) is 2.39. The minimum absolute atomic E-state index is 0.126. The Hall–Kier alpha value is -2.00. The van der Waals surface area contributed by atoms with Crippen LogP contribution in [0.25, 0.3) is 11.3 Å². The number of ether oxygens (including phenoxy) is 3. The third-order valence-corrected chi connectivity index (χ3v) is 3.86. The van der Waals surface area contributed by atoms with E-state index in [1.54, 1.807) is 4.68 Å². The maximum absolute atomic E-state index is 5.70. The molecule has 0 aliphatic rings. The zero-order valence-electron chi connectivity index (χ0n) is 17.2. The van der Waals surface area contributed by atoms with Crippen molar-refractivity contribution in [1.82, 2.24) is 20.3 Å². The molecule has 1 aromatic heterocycles. The highest BCUT2D eigenvalue weighted by molar-refractivity contribution is 5.60. The van der Waals surface area contributed by atoms with Crippen LogP contribution in [0.15, 0.2) is 30.5 Å². The molecule has 8 heteroatoms. The Labute approximate surface area is 167 Å². The molecule has 2 rings (SSSR count). The van der Waals surface area contributed by atoms with E-state index in [-0.39, 0.29) is 5.54 Å². The van der Waals surface area contributed by atoms with E-state index in [1.165, 1.54) is 0 Å². The summed E-state index contributed by atoms with van der Waals surface area (Å²) in [7, 11) is 0. The van der Waals surface area contributed by atoms with Crippen molar-refractivity contribution in [2.45, 2.75) is 32.9 Å². The normalized spacial score (nSPS) is 11.8.